The molecule has 1 heterocycles. The number of rotatable bonds is 2. The van der Waals surface area contributed by atoms with Crippen molar-refractivity contribution in [2.45, 2.75) is 0 Å². The third-order valence-corrected chi connectivity index (χ3v) is 3.05. The molecule has 5 heteroatoms. The van der Waals surface area contributed by atoms with Gasteiger partial charge >= 0.3 is 0 Å². The molecule has 0 spiro atoms. The lowest BCUT2D eigenvalue weighted by Crippen LogP contribution is -2.01. The summed E-state index contributed by atoms with van der Waals surface area (Å²) in [6.07, 6.45) is 0. The van der Waals surface area contributed by atoms with Gasteiger partial charge in [-0.25, -0.2) is 4.98 Å². The molecule has 1 aromatic carbocycles. The fourth-order valence-electron chi connectivity index (χ4n) is 1.16. The van der Waals surface area contributed by atoms with Crippen molar-refractivity contribution in [2.24, 2.45) is 0 Å². The summed E-state index contributed by atoms with van der Waals surface area (Å²) < 4.78 is 0.786. The van der Waals surface area contributed by atoms with Gasteiger partial charge in [-0.1, -0.05) is 27.5 Å². The van der Waals surface area contributed by atoms with Gasteiger partial charge < -0.3 is 0 Å². The average Bonchev–Trinajstić information content (AvgIpc) is 2.67. The normalized spacial score (nSPS) is 10.3. The van der Waals surface area contributed by atoms with Crippen molar-refractivity contribution in [2.75, 3.05) is 0 Å². The van der Waals surface area contributed by atoms with E-state index >= 15 is 0 Å². The van der Waals surface area contributed by atoms with Gasteiger partial charge in [-0.05, 0) is 18.2 Å². The Hall–Kier alpha value is -0.710. The predicted octanol–water partition coefficient (Wildman–Crippen LogP) is 3.79. The summed E-state index contributed by atoms with van der Waals surface area (Å²) in [5.41, 5.74) is 2.63. The molecule has 0 saturated heterocycles. The van der Waals surface area contributed by atoms with E-state index in [1.807, 2.05) is 0 Å². The van der Waals surface area contributed by atoms with Crippen LogP contribution in [0.25, 0.3) is 0 Å². The molecule has 0 aliphatic carbocycles. The molecule has 0 aliphatic rings. The Bertz CT molecular complexity index is 478. The van der Waals surface area contributed by atoms with E-state index in [-0.39, 0.29) is 5.78 Å². The second kappa shape index (κ2) is 4.43. The highest BCUT2D eigenvalue weighted by atomic mass is 79.9. The Labute approximate surface area is 104 Å². The topological polar surface area (TPSA) is 30.0 Å². The quantitative estimate of drug-likeness (QED) is 0.790. The highest BCUT2D eigenvalue weighted by Gasteiger charge is 2.11. The standard InChI is InChI=1S/C10H5BrClNOS/c11-7-1-6(2-8(12)3-7)10(14)9-4-15-5-13-9/h1-5H. The first kappa shape index (κ1) is 10.8. The first-order chi connectivity index (χ1) is 7.16. The van der Waals surface area contributed by atoms with E-state index in [0.29, 0.717) is 16.3 Å². The number of benzene rings is 1. The van der Waals surface area contributed by atoms with E-state index in [9.17, 15) is 4.79 Å². The van der Waals surface area contributed by atoms with E-state index in [0.717, 1.165) is 4.47 Å². The molecule has 15 heavy (non-hydrogen) atoms. The molecule has 2 nitrogen and oxygen atoms in total. The second-order valence-corrected chi connectivity index (χ2v) is 4.93. The van der Waals surface area contributed by atoms with Crippen LogP contribution in [0.2, 0.25) is 5.02 Å². The molecule has 0 radical (unpaired) electrons. The van der Waals surface area contributed by atoms with Crippen molar-refractivity contribution in [3.8, 4) is 0 Å². The molecular formula is C10H5BrClNOS. The molecule has 76 valence electrons. The monoisotopic (exact) mass is 301 g/mol. The largest absolute Gasteiger partial charge is 0.287 e. The summed E-state index contributed by atoms with van der Waals surface area (Å²) in [7, 11) is 0. The van der Waals surface area contributed by atoms with Gasteiger partial charge in [-0.3, -0.25) is 4.79 Å². The van der Waals surface area contributed by atoms with Crippen molar-refractivity contribution in [3.05, 3.63) is 49.8 Å². The minimum Gasteiger partial charge on any atom is -0.287 e. The summed E-state index contributed by atoms with van der Waals surface area (Å²) >= 11 is 10.5. The number of ketones is 1. The Balaban J connectivity index is 2.42. The lowest BCUT2D eigenvalue weighted by Gasteiger charge is -1.99. The van der Waals surface area contributed by atoms with Gasteiger partial charge in [0.05, 0.1) is 5.51 Å². The first-order valence-electron chi connectivity index (χ1n) is 4.06. The van der Waals surface area contributed by atoms with Gasteiger partial charge in [-0.15, -0.1) is 11.3 Å². The SMILES string of the molecule is O=C(c1cc(Cl)cc(Br)c1)c1cscn1. The molecule has 1 aromatic heterocycles. The molecule has 0 bridgehead atoms. The highest BCUT2D eigenvalue weighted by molar-refractivity contribution is 9.10. The average molecular weight is 303 g/mol. The molecule has 0 saturated carbocycles. The van der Waals surface area contributed by atoms with Gasteiger partial charge in [0.1, 0.15) is 5.69 Å². The third kappa shape index (κ3) is 2.45. The maximum absolute atomic E-state index is 11.9. The lowest BCUT2D eigenvalue weighted by atomic mass is 10.1. The minimum absolute atomic E-state index is 0.112. The lowest BCUT2D eigenvalue weighted by molar-refractivity contribution is 0.103. The molecule has 0 unspecified atom stereocenters. The maximum Gasteiger partial charge on any atom is 0.212 e. The van der Waals surface area contributed by atoms with Crippen molar-refractivity contribution in [3.63, 3.8) is 0 Å². The fourth-order valence-corrected chi connectivity index (χ4v) is 2.55. The number of halogens is 2. The van der Waals surface area contributed by atoms with Crippen LogP contribution in [-0.2, 0) is 0 Å². The van der Waals surface area contributed by atoms with Crippen LogP contribution in [0.3, 0.4) is 0 Å². The van der Waals surface area contributed by atoms with Crippen LogP contribution in [0.15, 0.2) is 33.6 Å². The summed E-state index contributed by atoms with van der Waals surface area (Å²) in [6.45, 7) is 0. The number of carbonyl (C=O) groups excluding carboxylic acids is 1. The Kier molecular flexibility index (Phi) is 3.19. The highest BCUT2D eigenvalue weighted by Crippen LogP contribution is 2.21. The van der Waals surface area contributed by atoms with Crippen molar-refractivity contribution < 1.29 is 4.79 Å². The third-order valence-electron chi connectivity index (χ3n) is 1.79. The van der Waals surface area contributed by atoms with Crippen molar-refractivity contribution >= 4 is 44.7 Å². The summed E-state index contributed by atoms with van der Waals surface area (Å²) in [6, 6.07) is 5.10. The first-order valence-corrected chi connectivity index (χ1v) is 6.17. The molecule has 0 N–H and O–H groups in total. The summed E-state index contributed by atoms with van der Waals surface area (Å²) in [5.74, 6) is -0.112. The zero-order valence-electron chi connectivity index (χ0n) is 7.41. The van der Waals surface area contributed by atoms with Crippen LogP contribution in [0.4, 0.5) is 0 Å². The van der Waals surface area contributed by atoms with Crippen LogP contribution in [0.1, 0.15) is 16.1 Å². The minimum atomic E-state index is -0.112. The predicted molar refractivity (Wildman–Crippen MR) is 64.7 cm³/mol. The number of aromatic nitrogens is 1. The van der Waals surface area contributed by atoms with Crippen LogP contribution in [0, 0.1) is 0 Å². The zero-order chi connectivity index (χ0) is 10.8. The number of thiazole rings is 1. The molecule has 2 aromatic rings. The number of hydrogen-bond donors (Lipinski definition) is 0. The zero-order valence-corrected chi connectivity index (χ0v) is 10.6. The van der Waals surface area contributed by atoms with Crippen molar-refractivity contribution in [1.29, 1.82) is 0 Å². The van der Waals surface area contributed by atoms with Crippen LogP contribution in [-0.4, -0.2) is 10.8 Å². The molecule has 0 aliphatic heterocycles. The van der Waals surface area contributed by atoms with E-state index in [1.54, 1.807) is 29.1 Å². The summed E-state index contributed by atoms with van der Waals surface area (Å²) in [5, 5.41) is 2.25. The Morgan fingerprint density at radius 2 is 2.20 bits per heavy atom. The van der Waals surface area contributed by atoms with Gasteiger partial charge in [0.25, 0.3) is 0 Å². The van der Waals surface area contributed by atoms with Gasteiger partial charge in [0, 0.05) is 20.4 Å². The molecule has 0 amide bonds. The van der Waals surface area contributed by atoms with Crippen LogP contribution < -0.4 is 0 Å². The number of nitrogens with zero attached hydrogens (tertiary/aromatic N) is 1. The molecule has 0 fully saturated rings. The molecular weight excluding hydrogens is 298 g/mol. The van der Waals surface area contributed by atoms with Crippen LogP contribution >= 0.6 is 38.9 Å². The van der Waals surface area contributed by atoms with E-state index < -0.39 is 0 Å². The molecule has 2 rings (SSSR count). The van der Waals surface area contributed by atoms with Gasteiger partial charge in [0.15, 0.2) is 0 Å². The Morgan fingerprint density at radius 3 is 2.80 bits per heavy atom. The summed E-state index contributed by atoms with van der Waals surface area (Å²) in [4.78, 5) is 15.8. The van der Waals surface area contributed by atoms with Gasteiger partial charge in [0.2, 0.25) is 5.78 Å². The Morgan fingerprint density at radius 1 is 1.40 bits per heavy atom. The smallest absolute Gasteiger partial charge is 0.212 e. The maximum atomic E-state index is 11.9. The van der Waals surface area contributed by atoms with Gasteiger partial charge in [-0.2, -0.15) is 0 Å². The van der Waals surface area contributed by atoms with E-state index in [1.165, 1.54) is 11.3 Å². The van der Waals surface area contributed by atoms with E-state index in [2.05, 4.69) is 20.9 Å². The number of hydrogen-bond acceptors (Lipinski definition) is 3. The van der Waals surface area contributed by atoms with E-state index in [4.69, 9.17) is 11.6 Å². The van der Waals surface area contributed by atoms with Crippen LogP contribution in [0.5, 0.6) is 0 Å². The van der Waals surface area contributed by atoms with Crippen molar-refractivity contribution in [1.82, 2.24) is 4.98 Å². The fraction of sp³-hybridized carbons (Fsp3) is 0. The molecule has 0 atom stereocenters. The number of carbonyl (C=O) groups is 1. The second-order valence-electron chi connectivity index (χ2n) is 2.86.